The van der Waals surface area contributed by atoms with E-state index in [-0.39, 0.29) is 5.60 Å². The minimum atomic E-state index is -0.878. The molecule has 0 aliphatic heterocycles. The molecule has 0 heterocycles. The summed E-state index contributed by atoms with van der Waals surface area (Å²) in [7, 11) is -0.878. The lowest BCUT2D eigenvalue weighted by Gasteiger charge is -2.39. The predicted octanol–water partition coefficient (Wildman–Crippen LogP) is 3.40. The van der Waals surface area contributed by atoms with Gasteiger partial charge in [-0.3, -0.25) is 0 Å². The molecule has 1 aliphatic carbocycles. The van der Waals surface area contributed by atoms with E-state index < -0.39 is 9.04 Å². The fourth-order valence-corrected chi connectivity index (χ4v) is 4.04. The van der Waals surface area contributed by atoms with Crippen LogP contribution in [0.1, 0.15) is 44.9 Å². The molecule has 1 fully saturated rings. The van der Waals surface area contributed by atoms with Gasteiger partial charge in [-0.1, -0.05) is 19.3 Å². The van der Waals surface area contributed by atoms with Gasteiger partial charge in [-0.15, -0.1) is 0 Å². The van der Waals surface area contributed by atoms with Gasteiger partial charge in [0.2, 0.25) is 0 Å². The Morgan fingerprint density at radius 1 is 1.21 bits per heavy atom. The standard InChI is InChI=1S/C11H24OSSi/c1-14(2)12-11(9-6-10-13)7-4-3-5-8-11/h13-14H,3-10H2,1-2H3. The summed E-state index contributed by atoms with van der Waals surface area (Å²) in [6, 6.07) is 0. The first-order valence-corrected chi connectivity index (χ1v) is 9.38. The SMILES string of the molecule is C[SiH](C)OC1(CCCS)CCCCC1. The molecule has 1 nitrogen and oxygen atoms in total. The van der Waals surface area contributed by atoms with E-state index in [9.17, 15) is 0 Å². The van der Waals surface area contributed by atoms with Crippen LogP contribution in [0.3, 0.4) is 0 Å². The summed E-state index contributed by atoms with van der Waals surface area (Å²) in [4.78, 5) is 0. The third-order valence-corrected chi connectivity index (χ3v) is 4.33. The van der Waals surface area contributed by atoms with Crippen molar-refractivity contribution in [2.24, 2.45) is 0 Å². The molecule has 0 bridgehead atoms. The molecular weight excluding hydrogens is 208 g/mol. The minimum Gasteiger partial charge on any atom is -0.415 e. The molecule has 0 aromatic heterocycles. The molecule has 0 saturated heterocycles. The fourth-order valence-electron chi connectivity index (χ4n) is 2.52. The maximum Gasteiger partial charge on any atom is 0.171 e. The lowest BCUT2D eigenvalue weighted by atomic mass is 9.82. The van der Waals surface area contributed by atoms with Gasteiger partial charge in [0.05, 0.1) is 5.60 Å². The van der Waals surface area contributed by atoms with Gasteiger partial charge in [-0.05, 0) is 44.5 Å². The summed E-state index contributed by atoms with van der Waals surface area (Å²) in [6.07, 6.45) is 9.19. The summed E-state index contributed by atoms with van der Waals surface area (Å²) >= 11 is 4.30. The molecule has 0 radical (unpaired) electrons. The quantitative estimate of drug-likeness (QED) is 0.565. The molecule has 0 unspecified atom stereocenters. The smallest absolute Gasteiger partial charge is 0.171 e. The number of thiol groups is 1. The Bertz CT molecular complexity index is 155. The van der Waals surface area contributed by atoms with E-state index in [1.807, 2.05) is 0 Å². The summed E-state index contributed by atoms with van der Waals surface area (Å²) in [5, 5.41) is 0. The van der Waals surface area contributed by atoms with Crippen LogP contribution in [0.2, 0.25) is 13.1 Å². The normalized spacial score (nSPS) is 21.4. The van der Waals surface area contributed by atoms with E-state index in [0.717, 1.165) is 5.75 Å². The van der Waals surface area contributed by atoms with E-state index in [1.54, 1.807) is 0 Å². The molecule has 0 atom stereocenters. The minimum absolute atomic E-state index is 0.265. The molecule has 0 spiro atoms. The third kappa shape index (κ3) is 3.95. The first kappa shape index (κ1) is 12.6. The van der Waals surface area contributed by atoms with Gasteiger partial charge in [0.1, 0.15) is 0 Å². The van der Waals surface area contributed by atoms with Crippen LogP contribution in [0.15, 0.2) is 0 Å². The number of hydrogen-bond donors (Lipinski definition) is 1. The second-order valence-corrected chi connectivity index (χ2v) is 7.52. The Hall–Kier alpha value is 0.527. The van der Waals surface area contributed by atoms with Gasteiger partial charge in [0, 0.05) is 0 Å². The van der Waals surface area contributed by atoms with Crippen molar-refractivity contribution >= 4 is 21.7 Å². The van der Waals surface area contributed by atoms with E-state index in [1.165, 1.54) is 44.9 Å². The lowest BCUT2D eigenvalue weighted by Crippen LogP contribution is -2.38. The van der Waals surface area contributed by atoms with Gasteiger partial charge >= 0.3 is 0 Å². The summed E-state index contributed by atoms with van der Waals surface area (Å²) in [5.41, 5.74) is 0.265. The van der Waals surface area contributed by atoms with Crippen molar-refractivity contribution in [2.75, 3.05) is 5.75 Å². The molecule has 3 heteroatoms. The first-order chi connectivity index (χ1) is 6.68. The summed E-state index contributed by atoms with van der Waals surface area (Å²) in [6.45, 7) is 4.58. The predicted molar refractivity (Wildman–Crippen MR) is 68.9 cm³/mol. The van der Waals surface area contributed by atoms with Crippen molar-refractivity contribution in [1.82, 2.24) is 0 Å². The molecule has 14 heavy (non-hydrogen) atoms. The van der Waals surface area contributed by atoms with Crippen molar-refractivity contribution in [3.8, 4) is 0 Å². The van der Waals surface area contributed by atoms with E-state index in [4.69, 9.17) is 4.43 Å². The van der Waals surface area contributed by atoms with Gasteiger partial charge < -0.3 is 4.43 Å². The zero-order valence-corrected chi connectivity index (χ0v) is 11.6. The van der Waals surface area contributed by atoms with Crippen molar-refractivity contribution in [3.05, 3.63) is 0 Å². The zero-order chi connectivity index (χ0) is 10.4. The highest BCUT2D eigenvalue weighted by molar-refractivity contribution is 7.80. The maximum absolute atomic E-state index is 6.29. The molecule has 1 saturated carbocycles. The average Bonchev–Trinajstić information content (AvgIpc) is 2.15. The molecule has 0 N–H and O–H groups in total. The average molecular weight is 232 g/mol. The Morgan fingerprint density at radius 2 is 1.86 bits per heavy atom. The van der Waals surface area contributed by atoms with Gasteiger partial charge in [-0.2, -0.15) is 12.6 Å². The molecule has 0 aromatic carbocycles. The number of rotatable bonds is 5. The van der Waals surface area contributed by atoms with E-state index in [0.29, 0.717) is 0 Å². The molecular formula is C11H24OSSi. The van der Waals surface area contributed by atoms with Crippen molar-refractivity contribution < 1.29 is 4.43 Å². The van der Waals surface area contributed by atoms with Crippen molar-refractivity contribution in [3.63, 3.8) is 0 Å². The Balaban J connectivity index is 2.47. The third-order valence-electron chi connectivity index (χ3n) is 3.04. The van der Waals surface area contributed by atoms with Crippen LogP contribution < -0.4 is 0 Å². The summed E-state index contributed by atoms with van der Waals surface area (Å²) in [5.74, 6) is 1.00. The lowest BCUT2D eigenvalue weighted by molar-refractivity contribution is 0.0202. The molecule has 1 aliphatic rings. The highest BCUT2D eigenvalue weighted by Gasteiger charge is 2.32. The Labute approximate surface area is 95.8 Å². The zero-order valence-electron chi connectivity index (χ0n) is 9.59. The summed E-state index contributed by atoms with van der Waals surface area (Å²) < 4.78 is 6.29. The second-order valence-electron chi connectivity index (χ2n) is 4.74. The molecule has 0 aromatic rings. The second kappa shape index (κ2) is 6.18. The monoisotopic (exact) mass is 232 g/mol. The largest absolute Gasteiger partial charge is 0.415 e. The van der Waals surface area contributed by atoms with Crippen LogP contribution >= 0.6 is 12.6 Å². The Morgan fingerprint density at radius 3 is 2.36 bits per heavy atom. The van der Waals surface area contributed by atoms with Crippen LogP contribution in [-0.2, 0) is 4.43 Å². The van der Waals surface area contributed by atoms with Crippen LogP contribution in [0.5, 0.6) is 0 Å². The van der Waals surface area contributed by atoms with Crippen LogP contribution in [0, 0.1) is 0 Å². The van der Waals surface area contributed by atoms with Crippen LogP contribution in [-0.4, -0.2) is 20.4 Å². The van der Waals surface area contributed by atoms with Crippen LogP contribution in [0.4, 0.5) is 0 Å². The Kier molecular flexibility index (Phi) is 5.56. The topological polar surface area (TPSA) is 9.23 Å². The molecule has 1 rings (SSSR count). The first-order valence-electron chi connectivity index (χ1n) is 5.97. The van der Waals surface area contributed by atoms with Crippen LogP contribution in [0.25, 0.3) is 0 Å². The molecule has 84 valence electrons. The van der Waals surface area contributed by atoms with E-state index in [2.05, 4.69) is 25.7 Å². The van der Waals surface area contributed by atoms with E-state index >= 15 is 0 Å². The number of hydrogen-bond acceptors (Lipinski definition) is 2. The van der Waals surface area contributed by atoms with Gasteiger partial charge in [0.25, 0.3) is 0 Å². The highest BCUT2D eigenvalue weighted by Crippen LogP contribution is 2.36. The van der Waals surface area contributed by atoms with Gasteiger partial charge in [0.15, 0.2) is 9.04 Å². The maximum atomic E-state index is 6.29. The fraction of sp³-hybridized carbons (Fsp3) is 1.00. The van der Waals surface area contributed by atoms with Gasteiger partial charge in [-0.25, -0.2) is 0 Å². The highest BCUT2D eigenvalue weighted by atomic mass is 32.1. The molecule has 0 amide bonds. The van der Waals surface area contributed by atoms with Crippen molar-refractivity contribution in [2.45, 2.75) is 63.6 Å². The van der Waals surface area contributed by atoms with Crippen molar-refractivity contribution in [1.29, 1.82) is 0 Å².